The van der Waals surface area contributed by atoms with Crippen molar-refractivity contribution < 1.29 is 52.1 Å². The number of carboxylic acids is 1. The Balaban J connectivity index is 5.98. The third-order valence-electron chi connectivity index (χ3n) is 7.59. The van der Waals surface area contributed by atoms with Crippen LogP contribution in [-0.4, -0.2) is 73.1 Å². The summed E-state index contributed by atoms with van der Waals surface area (Å²) >= 11 is 0. The molecule has 0 spiro atoms. The van der Waals surface area contributed by atoms with Crippen LogP contribution in [0.15, 0.2) is 4.76 Å². The minimum absolute atomic E-state index is 0.137. The van der Waals surface area contributed by atoms with Crippen LogP contribution < -0.4 is 5.73 Å². The highest BCUT2D eigenvalue weighted by molar-refractivity contribution is 7.52. The summed E-state index contributed by atoms with van der Waals surface area (Å²) in [5.41, 5.74) is 6.18. The van der Waals surface area contributed by atoms with Gasteiger partial charge in [-0.3, -0.25) is 0 Å². The van der Waals surface area contributed by atoms with Crippen LogP contribution in [0.4, 0.5) is 9.59 Å². The standard InChI is InChI=1S/C34H66N3O11P/c1-9-12-15-17-19-21-24-43-33(40)45-30(26(4)5)47-49(42,36-32(35)37(8)28(29(38)39)23-14-11-3)48-31(27(6)7)46-34(41)44-25-22-20-18-16-13-10-2/h26-28,30-31H,9-25H2,1-8H3,(H,38,39)(H2,35,36,42). The monoisotopic (exact) mass is 723 g/mol. The molecule has 49 heavy (non-hydrogen) atoms. The highest BCUT2D eigenvalue weighted by Crippen LogP contribution is 2.54. The molecule has 0 aliphatic rings. The first kappa shape index (κ1) is 46.4. The molecule has 0 saturated heterocycles. The number of nitrogens with zero attached hydrogens (tertiary/aromatic N) is 2. The smallest absolute Gasteiger partial charge is 0.480 e. The number of ether oxygens (including phenoxy) is 4. The van der Waals surface area contributed by atoms with Gasteiger partial charge in [-0.15, -0.1) is 4.76 Å². The Labute approximate surface area is 294 Å². The highest BCUT2D eigenvalue weighted by atomic mass is 31.2. The van der Waals surface area contributed by atoms with Crippen LogP contribution in [0, 0.1) is 11.8 Å². The van der Waals surface area contributed by atoms with E-state index in [9.17, 15) is 24.1 Å². The number of guanidine groups is 1. The van der Waals surface area contributed by atoms with Gasteiger partial charge in [0.05, 0.1) is 13.2 Å². The fraction of sp³-hybridized carbons (Fsp3) is 0.882. The second-order valence-electron chi connectivity index (χ2n) is 12.9. The fourth-order valence-corrected chi connectivity index (χ4v) is 6.10. The lowest BCUT2D eigenvalue weighted by Crippen LogP contribution is -2.46. The SMILES string of the molecule is CCCCCCCCOC(=O)OC(OP(=O)(N=C(N)N(C)C(CCCC)C(=O)O)OC(OC(=O)OCCCCCCCC)C(C)C)C(C)C. The maximum atomic E-state index is 14.3. The van der Waals surface area contributed by atoms with E-state index >= 15 is 0 Å². The van der Waals surface area contributed by atoms with Crippen molar-refractivity contribution in [3.05, 3.63) is 0 Å². The molecule has 15 heteroatoms. The lowest BCUT2D eigenvalue weighted by Gasteiger charge is -2.30. The molecule has 0 fully saturated rings. The van der Waals surface area contributed by atoms with E-state index in [0.717, 1.165) is 75.5 Å². The molecule has 3 unspecified atom stereocenters. The Morgan fingerprint density at radius 2 is 1.08 bits per heavy atom. The van der Waals surface area contributed by atoms with E-state index in [1.165, 1.54) is 7.05 Å². The maximum absolute atomic E-state index is 14.3. The van der Waals surface area contributed by atoms with E-state index in [-0.39, 0.29) is 19.6 Å². The van der Waals surface area contributed by atoms with Gasteiger partial charge in [0, 0.05) is 18.9 Å². The van der Waals surface area contributed by atoms with E-state index in [2.05, 4.69) is 18.6 Å². The zero-order valence-electron chi connectivity index (χ0n) is 31.4. The molecule has 0 heterocycles. The van der Waals surface area contributed by atoms with E-state index < -0.39 is 62.4 Å². The largest absolute Gasteiger partial charge is 0.510 e. The third-order valence-corrected chi connectivity index (χ3v) is 8.99. The van der Waals surface area contributed by atoms with Gasteiger partial charge in [-0.2, -0.15) is 0 Å². The van der Waals surface area contributed by atoms with Crippen LogP contribution in [0.2, 0.25) is 0 Å². The summed E-state index contributed by atoms with van der Waals surface area (Å²) in [5.74, 6) is -2.75. The summed E-state index contributed by atoms with van der Waals surface area (Å²) in [5, 5.41) is 9.81. The molecule has 0 aromatic heterocycles. The van der Waals surface area contributed by atoms with Gasteiger partial charge in [-0.1, -0.05) is 126 Å². The fourth-order valence-electron chi connectivity index (χ4n) is 4.46. The third kappa shape index (κ3) is 22.0. The number of likely N-dealkylation sites (N-methyl/N-ethyl adjacent to an activating group) is 1. The summed E-state index contributed by atoms with van der Waals surface area (Å²) in [6.45, 7) is 13.1. The van der Waals surface area contributed by atoms with Crippen LogP contribution in [0.5, 0.6) is 0 Å². The molecule has 0 rings (SSSR count). The van der Waals surface area contributed by atoms with Crippen molar-refractivity contribution >= 4 is 32.0 Å². The second-order valence-corrected chi connectivity index (χ2v) is 14.5. The minimum Gasteiger partial charge on any atom is -0.480 e. The zero-order chi connectivity index (χ0) is 37.2. The molecule has 0 aliphatic carbocycles. The Hall–Kier alpha value is -2.57. The summed E-state index contributed by atoms with van der Waals surface area (Å²) in [6.07, 6.45) is 8.52. The number of carbonyl (C=O) groups is 3. The van der Waals surface area contributed by atoms with Crippen molar-refractivity contribution in [2.75, 3.05) is 20.3 Å². The van der Waals surface area contributed by atoms with Gasteiger partial charge in [-0.25, -0.2) is 28.0 Å². The number of hydrogen-bond donors (Lipinski definition) is 2. The number of hydrogen-bond acceptors (Lipinski definition) is 10. The number of unbranched alkanes of at least 4 members (excludes halogenated alkanes) is 11. The van der Waals surface area contributed by atoms with Gasteiger partial charge in [-0.05, 0) is 19.3 Å². The molecule has 0 bridgehead atoms. The minimum atomic E-state index is -4.79. The van der Waals surface area contributed by atoms with Gasteiger partial charge in [0.1, 0.15) is 6.04 Å². The molecule has 0 aromatic carbocycles. The lowest BCUT2D eigenvalue weighted by atomic mass is 10.1. The first-order chi connectivity index (χ1) is 23.2. The number of carboxylic acid groups (broad SMARTS) is 1. The number of carbonyl (C=O) groups excluding carboxylic acids is 2. The van der Waals surface area contributed by atoms with Gasteiger partial charge in [0.25, 0.3) is 0 Å². The Morgan fingerprint density at radius 1 is 0.694 bits per heavy atom. The van der Waals surface area contributed by atoms with Crippen molar-refractivity contribution in [1.29, 1.82) is 0 Å². The molecule has 0 aromatic rings. The molecule has 3 atom stereocenters. The van der Waals surface area contributed by atoms with Crippen LogP contribution in [0.1, 0.15) is 145 Å². The van der Waals surface area contributed by atoms with Gasteiger partial charge in [0.15, 0.2) is 0 Å². The van der Waals surface area contributed by atoms with Crippen molar-refractivity contribution in [2.45, 2.75) is 163 Å². The predicted molar refractivity (Wildman–Crippen MR) is 189 cm³/mol. The predicted octanol–water partition coefficient (Wildman–Crippen LogP) is 9.01. The van der Waals surface area contributed by atoms with Crippen LogP contribution in [0.25, 0.3) is 0 Å². The van der Waals surface area contributed by atoms with Crippen molar-refractivity contribution in [2.24, 2.45) is 22.3 Å². The lowest BCUT2D eigenvalue weighted by molar-refractivity contribution is -0.141. The van der Waals surface area contributed by atoms with Gasteiger partial charge < -0.3 is 34.7 Å². The second kappa shape index (κ2) is 27.2. The molecule has 14 nitrogen and oxygen atoms in total. The molecule has 288 valence electrons. The molecule has 3 N–H and O–H groups in total. The van der Waals surface area contributed by atoms with Gasteiger partial charge >= 0.3 is 26.0 Å². The van der Waals surface area contributed by atoms with Crippen molar-refractivity contribution in [3.63, 3.8) is 0 Å². The molecule has 0 amide bonds. The number of rotatable bonds is 28. The molecular weight excluding hydrogens is 657 g/mol. The first-order valence-corrected chi connectivity index (χ1v) is 19.7. The van der Waals surface area contributed by atoms with Crippen LogP contribution in [0.3, 0.4) is 0 Å². The summed E-state index contributed by atoms with van der Waals surface area (Å²) in [4.78, 5) is 38.3. The maximum Gasteiger partial charge on any atom is 0.510 e. The number of nitrogens with two attached hydrogens (primary N) is 1. The molecule has 0 radical (unpaired) electrons. The van der Waals surface area contributed by atoms with E-state index in [1.807, 2.05) is 6.92 Å². The van der Waals surface area contributed by atoms with E-state index in [1.54, 1.807) is 27.7 Å². The normalized spacial score (nSPS) is 14.9. The summed E-state index contributed by atoms with van der Waals surface area (Å²) in [7, 11) is -3.40. The number of aliphatic carboxylic acids is 1. The Kier molecular flexibility index (Phi) is 25.8. The summed E-state index contributed by atoms with van der Waals surface area (Å²) < 4.78 is 51.0. The molecule has 0 saturated carbocycles. The molecule has 0 aliphatic heterocycles. The average Bonchev–Trinajstić information content (AvgIpc) is 3.03. The quantitative estimate of drug-likeness (QED) is 0.0195. The Morgan fingerprint density at radius 3 is 1.45 bits per heavy atom. The van der Waals surface area contributed by atoms with Crippen molar-refractivity contribution in [3.8, 4) is 0 Å². The van der Waals surface area contributed by atoms with Gasteiger partial charge in [0.2, 0.25) is 18.5 Å². The van der Waals surface area contributed by atoms with E-state index in [4.69, 9.17) is 33.7 Å². The zero-order valence-corrected chi connectivity index (χ0v) is 32.3. The topological polar surface area (TPSA) is 186 Å². The van der Waals surface area contributed by atoms with Crippen LogP contribution in [-0.2, 0) is 37.4 Å². The summed E-state index contributed by atoms with van der Waals surface area (Å²) in [6, 6.07) is -1.08. The van der Waals surface area contributed by atoms with Crippen molar-refractivity contribution in [1.82, 2.24) is 4.90 Å². The molecular formula is C34H66N3O11P. The van der Waals surface area contributed by atoms with E-state index in [0.29, 0.717) is 19.3 Å². The average molecular weight is 724 g/mol. The van der Waals surface area contributed by atoms with Crippen LogP contribution >= 0.6 is 7.75 Å². The Bertz CT molecular complexity index is 946. The first-order valence-electron chi connectivity index (χ1n) is 18.2. The highest BCUT2D eigenvalue weighted by Gasteiger charge is 2.39.